The van der Waals surface area contributed by atoms with E-state index in [0.717, 1.165) is 0 Å². The van der Waals surface area contributed by atoms with Gasteiger partial charge in [-0.25, -0.2) is 0 Å². The van der Waals surface area contributed by atoms with Crippen LogP contribution >= 0.6 is 0 Å². The number of aryl methyl sites for hydroxylation is 14. The first-order valence-electron chi connectivity index (χ1n) is 46.1. The summed E-state index contributed by atoms with van der Waals surface area (Å²) in [6, 6.07) is 160. The lowest BCUT2D eigenvalue weighted by atomic mass is 9.87. The molecule has 0 saturated carbocycles. The van der Waals surface area contributed by atoms with Gasteiger partial charge < -0.3 is 0 Å². The predicted octanol–water partition coefficient (Wildman–Crippen LogP) is 36.8. The fraction of sp³-hybridized carbons (Fsp3) is 0.169. The number of fused-ring (bicyclic) bond motifs is 3. The van der Waals surface area contributed by atoms with Gasteiger partial charge >= 0.3 is 0 Å². The molecule has 0 unspecified atom stereocenters. The van der Waals surface area contributed by atoms with Gasteiger partial charge in [-0.05, 0) is 248 Å². The van der Waals surface area contributed by atoms with Crippen molar-refractivity contribution >= 4 is 45.6 Å². The zero-order chi connectivity index (χ0) is 94.1. The number of rotatable bonds is 6. The molecule has 0 N–H and O–H groups in total. The van der Waals surface area contributed by atoms with Gasteiger partial charge in [0, 0.05) is 0 Å². The van der Waals surface area contributed by atoms with Gasteiger partial charge in [-0.1, -0.05) is 539 Å². The third-order valence-electron chi connectivity index (χ3n) is 22.9. The SMILES string of the molecule is Cc1cc(-c2ccccc2)cc(-c2ccccc2)c1.Cc1cc(C)c(C)c(C)c1.Cc1ccc(-c2ccccc2)c2ccccc12.Cc1ccc(-c2ccccc2)cc1.Cc1ccc(C(C)(C)C)cc1.Cc1ccc(C)cc1.Cc1ccc([Si](C)(C)C)cc1.Cc1ccc2ccccc2c1.Cc1cccc2ccccc12.Cc1ccccc1.Cc1ccccc1-c1ccccc1. The van der Waals surface area contributed by atoms with Crippen LogP contribution < -0.4 is 5.19 Å². The van der Waals surface area contributed by atoms with Crippen molar-refractivity contribution < 1.29 is 0 Å². The molecule has 0 nitrogen and oxygen atoms in total. The van der Waals surface area contributed by atoms with Crippen molar-refractivity contribution in [1.29, 1.82) is 0 Å². The number of hydrogen-bond acceptors (Lipinski definition) is 0. The van der Waals surface area contributed by atoms with Gasteiger partial charge in [-0.15, -0.1) is 0 Å². The Labute approximate surface area is 789 Å². The maximum atomic E-state index is 2.37. The van der Waals surface area contributed by atoms with Gasteiger partial charge in [-0.2, -0.15) is 0 Å². The van der Waals surface area contributed by atoms with Crippen molar-refractivity contribution in [3.05, 3.63) is 544 Å². The lowest BCUT2D eigenvalue weighted by molar-refractivity contribution is 0.590. The molecule has 0 aromatic heterocycles. The maximum Gasteiger partial charge on any atom is 0.0775 e. The molecule has 0 fully saturated rings. The minimum atomic E-state index is -1.06. The molecule has 0 saturated heterocycles. The van der Waals surface area contributed by atoms with Crippen molar-refractivity contribution in [3.8, 4) is 55.6 Å². The van der Waals surface area contributed by atoms with Crippen LogP contribution in [-0.2, 0) is 5.41 Å². The number of hydrogen-bond donors (Lipinski definition) is 0. The smallest absolute Gasteiger partial charge is 0.0656 e. The maximum absolute atomic E-state index is 2.37. The first-order chi connectivity index (χ1) is 62.9. The molecule has 0 spiro atoms. The molecule has 19 rings (SSSR count). The molecule has 0 aliphatic rings. The highest BCUT2D eigenvalue weighted by molar-refractivity contribution is 6.88. The molecule has 662 valence electrons. The van der Waals surface area contributed by atoms with Crippen LogP contribution in [0, 0.1) is 104 Å². The van der Waals surface area contributed by atoms with Crippen molar-refractivity contribution in [1.82, 2.24) is 0 Å². The fourth-order valence-corrected chi connectivity index (χ4v) is 16.0. The molecule has 19 aromatic rings. The molecule has 1 heteroatoms. The Morgan fingerprint density at radius 2 is 0.489 bits per heavy atom. The van der Waals surface area contributed by atoms with E-state index in [1.165, 1.54) is 177 Å². The highest BCUT2D eigenvalue weighted by Crippen LogP contribution is 2.33. The summed E-state index contributed by atoms with van der Waals surface area (Å²) in [5.74, 6) is 0. The summed E-state index contributed by atoms with van der Waals surface area (Å²) in [5.41, 5.74) is 34.7. The fourth-order valence-electron chi connectivity index (χ4n) is 14.8. The largest absolute Gasteiger partial charge is 0.0775 e. The highest BCUT2D eigenvalue weighted by Gasteiger charge is 2.16. The summed E-state index contributed by atoms with van der Waals surface area (Å²) in [4.78, 5) is 0. The highest BCUT2D eigenvalue weighted by atomic mass is 28.3. The third-order valence-corrected chi connectivity index (χ3v) is 25.0. The van der Waals surface area contributed by atoms with Gasteiger partial charge in [0.15, 0.2) is 0 Å². The van der Waals surface area contributed by atoms with Gasteiger partial charge in [0.1, 0.15) is 0 Å². The molecular weight excluding hydrogens is 1590 g/mol. The molecule has 131 heavy (non-hydrogen) atoms. The van der Waals surface area contributed by atoms with Crippen LogP contribution in [0.1, 0.15) is 110 Å². The van der Waals surface area contributed by atoms with E-state index >= 15 is 0 Å². The van der Waals surface area contributed by atoms with Crippen LogP contribution in [-0.4, -0.2) is 8.07 Å². The summed E-state index contributed by atoms with van der Waals surface area (Å²) < 4.78 is 0. The van der Waals surface area contributed by atoms with Gasteiger partial charge in [0.25, 0.3) is 0 Å². The van der Waals surface area contributed by atoms with Crippen molar-refractivity contribution in [2.24, 2.45) is 0 Å². The zero-order valence-corrected chi connectivity index (χ0v) is 82.8. The first-order valence-corrected chi connectivity index (χ1v) is 49.6. The average Bonchev–Trinajstić information content (AvgIpc) is 0.792. The Morgan fingerprint density at radius 1 is 0.168 bits per heavy atom. The normalized spacial score (nSPS) is 10.3. The van der Waals surface area contributed by atoms with E-state index < -0.39 is 8.07 Å². The number of benzene rings is 19. The molecule has 0 aliphatic heterocycles. The molecular formula is C130H138Si. The van der Waals surface area contributed by atoms with Crippen LogP contribution in [0.5, 0.6) is 0 Å². The van der Waals surface area contributed by atoms with E-state index in [4.69, 9.17) is 0 Å². The van der Waals surface area contributed by atoms with Crippen LogP contribution in [0.4, 0.5) is 0 Å². The quantitative estimate of drug-likeness (QED) is 0.146. The van der Waals surface area contributed by atoms with E-state index in [-0.39, 0.29) is 5.41 Å². The van der Waals surface area contributed by atoms with E-state index in [1.807, 2.05) is 30.3 Å². The topological polar surface area (TPSA) is 0 Å². The molecule has 0 radical (unpaired) electrons. The van der Waals surface area contributed by atoms with E-state index in [1.54, 1.807) is 5.19 Å². The predicted molar refractivity (Wildman–Crippen MR) is 583 cm³/mol. The summed E-state index contributed by atoms with van der Waals surface area (Å²) in [6.45, 7) is 45.8. The summed E-state index contributed by atoms with van der Waals surface area (Å²) >= 11 is 0. The molecule has 0 amide bonds. The Bertz CT molecular complexity index is 6370. The monoisotopic (exact) mass is 1730 g/mol. The Kier molecular flexibility index (Phi) is 40.1. The minimum absolute atomic E-state index is 0.285. The Morgan fingerprint density at radius 3 is 0.931 bits per heavy atom. The van der Waals surface area contributed by atoms with Gasteiger partial charge in [0.2, 0.25) is 0 Å². The van der Waals surface area contributed by atoms with Gasteiger partial charge in [-0.3, -0.25) is 0 Å². The summed E-state index contributed by atoms with van der Waals surface area (Å²) in [5, 5.41) is 9.55. The van der Waals surface area contributed by atoms with Crippen molar-refractivity contribution in [2.45, 2.75) is 150 Å². The Hall–Kier alpha value is -13.8. The van der Waals surface area contributed by atoms with Crippen LogP contribution in [0.3, 0.4) is 0 Å². The molecule has 0 atom stereocenters. The van der Waals surface area contributed by atoms with Crippen LogP contribution in [0.2, 0.25) is 19.6 Å². The average molecular weight is 1730 g/mol. The summed E-state index contributed by atoms with van der Waals surface area (Å²) in [7, 11) is -1.06. The van der Waals surface area contributed by atoms with Crippen LogP contribution in [0.15, 0.2) is 455 Å². The Balaban J connectivity index is 0.000000164. The molecule has 0 bridgehead atoms. The molecule has 0 heterocycles. The first kappa shape index (κ1) is 101. The van der Waals surface area contributed by atoms with E-state index in [2.05, 4.69) is 569 Å². The van der Waals surface area contributed by atoms with E-state index in [9.17, 15) is 0 Å². The summed E-state index contributed by atoms with van der Waals surface area (Å²) in [6.07, 6.45) is 0. The lowest BCUT2D eigenvalue weighted by Gasteiger charge is -2.18. The molecule has 19 aromatic carbocycles. The van der Waals surface area contributed by atoms with Gasteiger partial charge in [0.05, 0.1) is 8.07 Å². The molecule has 0 aliphatic carbocycles. The van der Waals surface area contributed by atoms with Crippen molar-refractivity contribution in [3.63, 3.8) is 0 Å². The van der Waals surface area contributed by atoms with Crippen molar-refractivity contribution in [2.75, 3.05) is 0 Å². The second-order valence-electron chi connectivity index (χ2n) is 36.3. The zero-order valence-electron chi connectivity index (χ0n) is 81.8. The van der Waals surface area contributed by atoms with Crippen LogP contribution in [0.25, 0.3) is 88.0 Å². The third kappa shape index (κ3) is 34.3. The minimum Gasteiger partial charge on any atom is -0.0656 e. The second-order valence-corrected chi connectivity index (χ2v) is 41.4. The lowest BCUT2D eigenvalue weighted by Crippen LogP contribution is -2.37. The standard InChI is InChI=1S/C19H16.C17H14.2C13H12.2C11H10.C11H16.C10H16Si.C10H14.C8H10.C7H8/c1-15-12-18(16-8-4-2-5-9-16)14-19(13-15)17-10-6-3-7-11-17;1-13-11-12-16(14-7-3-2-4-8-14)17-10-6-5-9-15(13)17;1-11-7-5-6-10-13(11)12-8-3-2-4-9-12;1-11-7-9-13(10-8-11)12-5-3-2-4-6-12;1-9-5-4-7-10-6-2-3-8-11(9)10;1-9-6-7-10-4-2-3-5-11(10)8-9;2*1-9-5-7-10(8-6-9)11(2,3)4;1-7-5-8(2)10(4)9(3)6-7;1-7-3-5-8(2)6-4-7;1-7-5-3-2-4-6-7/h2-14H,1H3;2-12H,1H3;2*2-10H,1H3;2*2-8H,1H3;2*5-8H,1-4H3;5-6H,1-4H3;3-6H,1-2H3;2-6H,1H3. The van der Waals surface area contributed by atoms with E-state index in [0.29, 0.717) is 0 Å². The second kappa shape index (κ2) is 52.0.